The lowest BCUT2D eigenvalue weighted by Crippen LogP contribution is -2.43. The van der Waals surface area contributed by atoms with E-state index in [-0.39, 0.29) is 23.1 Å². The fraction of sp³-hybridized carbons (Fsp3) is 0.368. The van der Waals surface area contributed by atoms with E-state index in [0.717, 1.165) is 19.3 Å². The normalized spacial score (nSPS) is 16.0. The highest BCUT2D eigenvalue weighted by Crippen LogP contribution is 2.19. The van der Waals surface area contributed by atoms with E-state index < -0.39 is 5.91 Å². The molecule has 2 aromatic rings. The molecule has 1 aliphatic rings. The van der Waals surface area contributed by atoms with Gasteiger partial charge in [-0.3, -0.25) is 25.2 Å². The second-order valence-corrected chi connectivity index (χ2v) is 6.39. The van der Waals surface area contributed by atoms with Crippen LogP contribution in [0.2, 0.25) is 0 Å². The molecule has 2 N–H and O–H groups in total. The quantitative estimate of drug-likeness (QED) is 0.634. The molecule has 1 heterocycles. The average molecular weight is 354 g/mol. The first kappa shape index (κ1) is 17.8. The van der Waals surface area contributed by atoms with E-state index in [4.69, 9.17) is 0 Å². The Morgan fingerprint density at radius 2 is 2.00 bits per heavy atom. The van der Waals surface area contributed by atoms with E-state index in [9.17, 15) is 14.4 Å². The van der Waals surface area contributed by atoms with Gasteiger partial charge in [0, 0.05) is 18.4 Å². The number of nitrogens with zero attached hydrogens (tertiary/aromatic N) is 2. The van der Waals surface area contributed by atoms with E-state index in [0.29, 0.717) is 23.7 Å². The molecule has 1 atom stereocenters. The summed E-state index contributed by atoms with van der Waals surface area (Å²) in [4.78, 5) is 37.0. The maximum atomic E-state index is 12.6. The Morgan fingerprint density at radius 1 is 1.23 bits per heavy atom. The van der Waals surface area contributed by atoms with E-state index in [1.807, 2.05) is 13.0 Å². The molecule has 0 fully saturated rings. The Kier molecular flexibility index (Phi) is 5.46. The number of amides is 2. The lowest BCUT2D eigenvalue weighted by Gasteiger charge is -2.12. The number of fused-ring (bicyclic) bond motifs is 1. The molecule has 136 valence electrons. The monoisotopic (exact) mass is 354 g/mol. The molecule has 3 rings (SSSR count). The van der Waals surface area contributed by atoms with Crippen molar-refractivity contribution in [3.63, 3.8) is 0 Å². The number of allylic oxidation sites excluding steroid dienone is 2. The van der Waals surface area contributed by atoms with Gasteiger partial charge >= 0.3 is 0 Å². The van der Waals surface area contributed by atoms with Gasteiger partial charge in [0.25, 0.3) is 11.5 Å². The van der Waals surface area contributed by atoms with Crippen LogP contribution < -0.4 is 16.4 Å². The maximum Gasteiger partial charge on any atom is 0.290 e. The molecule has 2 amide bonds. The predicted molar refractivity (Wildman–Crippen MR) is 98.4 cm³/mol. The van der Waals surface area contributed by atoms with E-state index in [1.165, 1.54) is 4.68 Å². The van der Waals surface area contributed by atoms with Crippen LogP contribution in [-0.2, 0) is 11.3 Å². The van der Waals surface area contributed by atoms with Crippen molar-refractivity contribution in [1.29, 1.82) is 0 Å². The molecule has 1 aromatic heterocycles. The topological polar surface area (TPSA) is 93.1 Å². The summed E-state index contributed by atoms with van der Waals surface area (Å²) in [5.74, 6) is -0.570. The standard InChI is InChI=1S/C19H22N4O3/c1-2-11-23-19(26)15-10-6-5-9-14(15)17(22-23)18(25)21-20-16(24)12-13-7-3-4-8-13/h3,5-7,9-10,13H,2,4,8,11-12H2,1H3,(H,20,24)(H,21,25). The minimum absolute atomic E-state index is 0.120. The van der Waals surface area contributed by atoms with E-state index in [2.05, 4.69) is 22.0 Å². The van der Waals surface area contributed by atoms with Crippen molar-refractivity contribution >= 4 is 22.6 Å². The molecular formula is C19H22N4O3. The van der Waals surface area contributed by atoms with Crippen molar-refractivity contribution in [2.45, 2.75) is 39.2 Å². The fourth-order valence-electron chi connectivity index (χ4n) is 3.11. The molecule has 0 bridgehead atoms. The molecule has 0 spiro atoms. The SMILES string of the molecule is CCCn1nc(C(=O)NNC(=O)CC2C=CCC2)c2ccccc2c1=O. The Hall–Kier alpha value is -2.96. The van der Waals surface area contributed by atoms with Crippen LogP contribution in [0.4, 0.5) is 0 Å². The highest BCUT2D eigenvalue weighted by Gasteiger charge is 2.18. The van der Waals surface area contributed by atoms with Gasteiger partial charge in [0.15, 0.2) is 5.69 Å². The molecular weight excluding hydrogens is 332 g/mol. The molecule has 7 nitrogen and oxygen atoms in total. The third-order valence-electron chi connectivity index (χ3n) is 4.39. The lowest BCUT2D eigenvalue weighted by molar-refractivity contribution is -0.122. The smallest absolute Gasteiger partial charge is 0.273 e. The largest absolute Gasteiger partial charge is 0.290 e. The number of carbonyl (C=O) groups excluding carboxylic acids is 2. The lowest BCUT2D eigenvalue weighted by atomic mass is 10.1. The number of nitrogens with one attached hydrogen (secondary N) is 2. The van der Waals surface area contributed by atoms with Crippen molar-refractivity contribution in [2.75, 3.05) is 0 Å². The van der Waals surface area contributed by atoms with Crippen LogP contribution in [0.3, 0.4) is 0 Å². The first-order valence-electron chi connectivity index (χ1n) is 8.86. The summed E-state index contributed by atoms with van der Waals surface area (Å²) in [5, 5.41) is 5.10. The Bertz CT molecular complexity index is 917. The van der Waals surface area contributed by atoms with Crippen LogP contribution in [0.25, 0.3) is 10.8 Å². The second-order valence-electron chi connectivity index (χ2n) is 6.39. The van der Waals surface area contributed by atoms with E-state index >= 15 is 0 Å². The Morgan fingerprint density at radius 3 is 2.69 bits per heavy atom. The summed E-state index contributed by atoms with van der Waals surface area (Å²) in [6.07, 6.45) is 7.08. The van der Waals surface area contributed by atoms with Crippen molar-refractivity contribution in [1.82, 2.24) is 20.6 Å². The van der Waals surface area contributed by atoms with Gasteiger partial charge in [-0.15, -0.1) is 0 Å². The number of aromatic nitrogens is 2. The molecule has 0 saturated carbocycles. The summed E-state index contributed by atoms with van der Waals surface area (Å²) in [6.45, 7) is 2.35. The maximum absolute atomic E-state index is 12.6. The van der Waals surface area contributed by atoms with Gasteiger partial charge in [-0.1, -0.05) is 37.3 Å². The minimum Gasteiger partial charge on any atom is -0.273 e. The summed E-state index contributed by atoms with van der Waals surface area (Å²) < 4.78 is 1.29. The van der Waals surface area contributed by atoms with Crippen molar-refractivity contribution < 1.29 is 9.59 Å². The number of hydrogen-bond donors (Lipinski definition) is 2. The molecule has 0 saturated heterocycles. The number of aryl methyl sites for hydroxylation is 1. The van der Waals surface area contributed by atoms with Crippen molar-refractivity contribution in [3.05, 3.63) is 52.5 Å². The highest BCUT2D eigenvalue weighted by atomic mass is 16.2. The summed E-state index contributed by atoms with van der Waals surface area (Å²) in [7, 11) is 0. The highest BCUT2D eigenvalue weighted by molar-refractivity contribution is 6.05. The van der Waals surface area contributed by atoms with Crippen LogP contribution in [-0.4, -0.2) is 21.6 Å². The van der Waals surface area contributed by atoms with Gasteiger partial charge in [-0.25, -0.2) is 4.68 Å². The number of carbonyl (C=O) groups is 2. The molecule has 1 aliphatic carbocycles. The molecule has 1 unspecified atom stereocenters. The number of hydrogen-bond acceptors (Lipinski definition) is 4. The zero-order chi connectivity index (χ0) is 18.5. The van der Waals surface area contributed by atoms with Gasteiger partial charge in [0.05, 0.1) is 5.39 Å². The zero-order valence-corrected chi connectivity index (χ0v) is 14.7. The third-order valence-corrected chi connectivity index (χ3v) is 4.39. The van der Waals surface area contributed by atoms with Gasteiger partial charge in [0.2, 0.25) is 5.91 Å². The van der Waals surface area contributed by atoms with Gasteiger partial charge in [0.1, 0.15) is 0 Å². The molecule has 7 heteroatoms. The van der Waals surface area contributed by atoms with Gasteiger partial charge in [-0.2, -0.15) is 5.10 Å². The average Bonchev–Trinajstić information content (AvgIpc) is 3.15. The molecule has 1 aromatic carbocycles. The van der Waals surface area contributed by atoms with Crippen LogP contribution in [0.1, 0.15) is 43.1 Å². The van der Waals surface area contributed by atoms with Crippen LogP contribution in [0, 0.1) is 5.92 Å². The molecule has 26 heavy (non-hydrogen) atoms. The zero-order valence-electron chi connectivity index (χ0n) is 14.7. The Balaban J connectivity index is 1.78. The molecule has 0 aliphatic heterocycles. The van der Waals surface area contributed by atoms with Crippen LogP contribution in [0.5, 0.6) is 0 Å². The summed E-state index contributed by atoms with van der Waals surface area (Å²) in [5.41, 5.74) is 4.75. The fourth-order valence-corrected chi connectivity index (χ4v) is 3.11. The second kappa shape index (κ2) is 7.95. The first-order chi connectivity index (χ1) is 12.6. The van der Waals surface area contributed by atoms with Gasteiger partial charge < -0.3 is 0 Å². The number of rotatable bonds is 5. The Labute approximate surface area is 151 Å². The minimum atomic E-state index is -0.540. The van der Waals surface area contributed by atoms with Crippen LogP contribution in [0.15, 0.2) is 41.2 Å². The molecule has 0 radical (unpaired) electrons. The van der Waals surface area contributed by atoms with Crippen molar-refractivity contribution in [3.8, 4) is 0 Å². The number of benzene rings is 1. The van der Waals surface area contributed by atoms with Gasteiger partial charge in [-0.05, 0) is 31.2 Å². The first-order valence-corrected chi connectivity index (χ1v) is 8.86. The predicted octanol–water partition coefficient (Wildman–Crippen LogP) is 1.92. The third kappa shape index (κ3) is 3.82. The van der Waals surface area contributed by atoms with E-state index in [1.54, 1.807) is 24.3 Å². The summed E-state index contributed by atoms with van der Waals surface area (Å²) >= 11 is 0. The van der Waals surface area contributed by atoms with Crippen LogP contribution >= 0.6 is 0 Å². The van der Waals surface area contributed by atoms with Crippen molar-refractivity contribution in [2.24, 2.45) is 5.92 Å². The number of hydrazine groups is 1. The summed E-state index contributed by atoms with van der Waals surface area (Å²) in [6, 6.07) is 6.85.